The summed E-state index contributed by atoms with van der Waals surface area (Å²) in [5.74, 6) is -0.970. The van der Waals surface area contributed by atoms with Crippen LogP contribution in [0.5, 0.6) is 0 Å². The molecule has 2 aromatic carbocycles. The molecule has 1 amide bonds. The Labute approximate surface area is 184 Å². The fourth-order valence-electron chi connectivity index (χ4n) is 3.55. The van der Waals surface area contributed by atoms with Crippen LogP contribution in [0.15, 0.2) is 42.6 Å². The lowest BCUT2D eigenvalue weighted by atomic mass is 10.1. The van der Waals surface area contributed by atoms with Crippen LogP contribution in [0.3, 0.4) is 0 Å². The summed E-state index contributed by atoms with van der Waals surface area (Å²) in [4.78, 5) is 14.4. The van der Waals surface area contributed by atoms with Gasteiger partial charge in [0.2, 0.25) is 0 Å². The summed E-state index contributed by atoms with van der Waals surface area (Å²) in [6, 6.07) is 7.71. The Morgan fingerprint density at radius 3 is 2.53 bits per heavy atom. The van der Waals surface area contributed by atoms with Gasteiger partial charge in [0.05, 0.1) is 11.1 Å². The van der Waals surface area contributed by atoms with Gasteiger partial charge >= 0.3 is 6.18 Å². The van der Waals surface area contributed by atoms with Crippen LogP contribution in [-0.2, 0) is 11.0 Å². The number of anilines is 3. The average Bonchev–Trinajstić information content (AvgIpc) is 3.06. The monoisotopic (exact) mass is 450 g/mol. The number of nitrogens with zero attached hydrogens (tertiary/aromatic N) is 1. The predicted octanol–water partition coefficient (Wildman–Crippen LogP) is 5.39. The zero-order valence-electron chi connectivity index (χ0n) is 17.9. The Bertz CT molecular complexity index is 1000. The summed E-state index contributed by atoms with van der Waals surface area (Å²) < 4.78 is 54.4. The van der Waals surface area contributed by atoms with Gasteiger partial charge < -0.3 is 20.9 Å². The molecule has 0 radical (unpaired) electrons. The molecule has 0 saturated carbocycles. The molecule has 0 aliphatic carbocycles. The SMILES string of the molecule is CCN(CC)CCCNc1ccc(NC=C2C(=O)Nc3ccc(F)cc32)cc1C(F)(F)F. The molecule has 1 aliphatic rings. The molecule has 32 heavy (non-hydrogen) atoms. The number of amides is 1. The Morgan fingerprint density at radius 2 is 1.84 bits per heavy atom. The molecule has 9 heteroatoms. The number of carbonyl (C=O) groups excluding carboxylic acids is 1. The number of benzene rings is 2. The number of hydrogen-bond donors (Lipinski definition) is 3. The lowest BCUT2D eigenvalue weighted by Crippen LogP contribution is -2.25. The zero-order chi connectivity index (χ0) is 23.3. The van der Waals surface area contributed by atoms with E-state index in [0.29, 0.717) is 17.8 Å². The fraction of sp³-hybridized carbons (Fsp3) is 0.348. The van der Waals surface area contributed by atoms with Crippen molar-refractivity contribution in [1.29, 1.82) is 0 Å². The molecule has 0 unspecified atom stereocenters. The first kappa shape index (κ1) is 23.6. The lowest BCUT2D eigenvalue weighted by molar-refractivity contribution is -0.136. The maximum atomic E-state index is 13.6. The van der Waals surface area contributed by atoms with Crippen molar-refractivity contribution in [3.8, 4) is 0 Å². The van der Waals surface area contributed by atoms with Gasteiger partial charge in [0.25, 0.3) is 5.91 Å². The molecule has 0 atom stereocenters. The van der Waals surface area contributed by atoms with E-state index in [-0.39, 0.29) is 16.9 Å². The fourth-order valence-corrected chi connectivity index (χ4v) is 3.55. The van der Waals surface area contributed by atoms with E-state index in [9.17, 15) is 22.4 Å². The molecule has 0 fully saturated rings. The molecule has 0 aromatic heterocycles. The Balaban J connectivity index is 1.74. The quantitative estimate of drug-likeness (QED) is 0.272. The molecular weight excluding hydrogens is 424 g/mol. The van der Waals surface area contributed by atoms with Gasteiger partial charge in [0.1, 0.15) is 5.82 Å². The molecule has 0 bridgehead atoms. The number of alkyl halides is 3. The highest BCUT2D eigenvalue weighted by Crippen LogP contribution is 2.37. The Hall–Kier alpha value is -3.07. The first-order chi connectivity index (χ1) is 15.2. The van der Waals surface area contributed by atoms with E-state index in [2.05, 4.69) is 20.9 Å². The standard InChI is InChI=1S/C23H26F4N4O/c1-3-31(4-2)11-5-10-28-21-9-7-16(13-19(21)23(25,26)27)29-14-18-17-12-15(24)6-8-20(17)30-22(18)32/h6-9,12-14,28-29H,3-5,10-11H2,1-2H3,(H,30,32). The van der Waals surface area contributed by atoms with Crippen LogP contribution in [-0.4, -0.2) is 37.0 Å². The maximum Gasteiger partial charge on any atom is 0.418 e. The summed E-state index contributed by atoms with van der Waals surface area (Å²) in [6.45, 7) is 7.11. The van der Waals surface area contributed by atoms with Crippen LogP contribution in [0.1, 0.15) is 31.4 Å². The molecular formula is C23H26F4N4O. The van der Waals surface area contributed by atoms with Crippen LogP contribution >= 0.6 is 0 Å². The van der Waals surface area contributed by atoms with Crippen LogP contribution < -0.4 is 16.0 Å². The first-order valence-corrected chi connectivity index (χ1v) is 10.5. The largest absolute Gasteiger partial charge is 0.418 e. The summed E-state index contributed by atoms with van der Waals surface area (Å²) >= 11 is 0. The van der Waals surface area contributed by atoms with E-state index >= 15 is 0 Å². The van der Waals surface area contributed by atoms with Crippen molar-refractivity contribution in [2.75, 3.05) is 42.1 Å². The molecule has 1 aliphatic heterocycles. The summed E-state index contributed by atoms with van der Waals surface area (Å²) in [6.07, 6.45) is -2.55. The number of nitrogens with one attached hydrogen (secondary N) is 3. The van der Waals surface area contributed by atoms with E-state index in [0.717, 1.165) is 32.1 Å². The van der Waals surface area contributed by atoms with Crippen molar-refractivity contribution in [3.05, 3.63) is 59.5 Å². The van der Waals surface area contributed by atoms with Crippen molar-refractivity contribution in [2.45, 2.75) is 26.4 Å². The van der Waals surface area contributed by atoms with Gasteiger partial charge in [-0.25, -0.2) is 4.39 Å². The minimum Gasteiger partial charge on any atom is -0.385 e. The van der Waals surface area contributed by atoms with Crippen LogP contribution in [0.25, 0.3) is 5.57 Å². The second-order valence-electron chi connectivity index (χ2n) is 7.41. The second-order valence-corrected chi connectivity index (χ2v) is 7.41. The number of fused-ring (bicyclic) bond motifs is 1. The molecule has 0 saturated heterocycles. The number of carbonyl (C=O) groups is 1. The van der Waals surface area contributed by atoms with Gasteiger partial charge in [-0.15, -0.1) is 0 Å². The molecule has 3 rings (SSSR count). The topological polar surface area (TPSA) is 56.4 Å². The van der Waals surface area contributed by atoms with Crippen LogP contribution in [0, 0.1) is 5.82 Å². The average molecular weight is 450 g/mol. The Morgan fingerprint density at radius 1 is 1.09 bits per heavy atom. The van der Waals surface area contributed by atoms with Gasteiger partial charge in [0.15, 0.2) is 0 Å². The van der Waals surface area contributed by atoms with Crippen molar-refractivity contribution in [3.63, 3.8) is 0 Å². The van der Waals surface area contributed by atoms with Gasteiger partial charge in [-0.05, 0) is 62.5 Å². The molecule has 5 nitrogen and oxygen atoms in total. The molecule has 1 heterocycles. The Kier molecular flexibility index (Phi) is 7.40. The van der Waals surface area contributed by atoms with E-state index in [1.807, 2.05) is 13.8 Å². The van der Waals surface area contributed by atoms with E-state index in [1.165, 1.54) is 36.5 Å². The van der Waals surface area contributed by atoms with Crippen molar-refractivity contribution >= 4 is 28.5 Å². The minimum atomic E-state index is -4.55. The third-order valence-corrected chi connectivity index (χ3v) is 5.33. The zero-order valence-corrected chi connectivity index (χ0v) is 17.9. The lowest BCUT2D eigenvalue weighted by Gasteiger charge is -2.19. The third kappa shape index (κ3) is 5.59. The van der Waals surface area contributed by atoms with E-state index < -0.39 is 23.5 Å². The van der Waals surface area contributed by atoms with E-state index in [4.69, 9.17) is 0 Å². The molecule has 2 aromatic rings. The normalized spacial score (nSPS) is 14.6. The number of hydrogen-bond acceptors (Lipinski definition) is 4. The number of halogens is 4. The van der Waals surface area contributed by atoms with Crippen molar-refractivity contribution < 1.29 is 22.4 Å². The molecule has 3 N–H and O–H groups in total. The van der Waals surface area contributed by atoms with Crippen molar-refractivity contribution in [2.24, 2.45) is 0 Å². The highest BCUT2D eigenvalue weighted by molar-refractivity contribution is 6.31. The predicted molar refractivity (Wildman–Crippen MR) is 119 cm³/mol. The summed E-state index contributed by atoms with van der Waals surface area (Å²) in [7, 11) is 0. The summed E-state index contributed by atoms with van der Waals surface area (Å²) in [5.41, 5.74) is 0.310. The minimum absolute atomic E-state index is 0.00118. The van der Waals surface area contributed by atoms with Gasteiger partial charge in [-0.2, -0.15) is 13.2 Å². The summed E-state index contributed by atoms with van der Waals surface area (Å²) in [5, 5.41) is 8.21. The molecule has 172 valence electrons. The van der Waals surface area contributed by atoms with Crippen LogP contribution in [0.2, 0.25) is 0 Å². The highest BCUT2D eigenvalue weighted by Gasteiger charge is 2.34. The highest BCUT2D eigenvalue weighted by atomic mass is 19.4. The van der Waals surface area contributed by atoms with Gasteiger partial charge in [-0.1, -0.05) is 13.8 Å². The van der Waals surface area contributed by atoms with E-state index in [1.54, 1.807) is 0 Å². The maximum absolute atomic E-state index is 13.6. The first-order valence-electron chi connectivity index (χ1n) is 10.5. The smallest absolute Gasteiger partial charge is 0.385 e. The van der Waals surface area contributed by atoms with Gasteiger partial charge in [0, 0.05) is 35.4 Å². The van der Waals surface area contributed by atoms with Crippen molar-refractivity contribution in [1.82, 2.24) is 4.90 Å². The van der Waals surface area contributed by atoms with Crippen LogP contribution in [0.4, 0.5) is 34.6 Å². The molecule has 0 spiro atoms. The third-order valence-electron chi connectivity index (χ3n) is 5.33. The second kappa shape index (κ2) is 10.0. The number of rotatable bonds is 9. The van der Waals surface area contributed by atoms with Gasteiger partial charge in [-0.3, -0.25) is 4.79 Å².